The maximum atomic E-state index is 4.19. The fourth-order valence-corrected chi connectivity index (χ4v) is 1.43. The van der Waals surface area contributed by atoms with Gasteiger partial charge in [-0.2, -0.15) is 0 Å². The van der Waals surface area contributed by atoms with E-state index in [-0.39, 0.29) is 0 Å². The molecule has 1 aromatic heterocycles. The second-order valence-electron chi connectivity index (χ2n) is 3.18. The number of rotatable bonds is 1. The summed E-state index contributed by atoms with van der Waals surface area (Å²) >= 11 is 0. The first kappa shape index (κ1) is 11.5. The van der Waals surface area contributed by atoms with Crippen molar-refractivity contribution in [1.82, 2.24) is 9.55 Å². The van der Waals surface area contributed by atoms with Crippen molar-refractivity contribution in [3.05, 3.63) is 48.0 Å². The molecule has 2 heteroatoms. The van der Waals surface area contributed by atoms with Crippen LogP contribution in [0.5, 0.6) is 0 Å². The number of hydrogen-bond donors (Lipinski definition) is 0. The van der Waals surface area contributed by atoms with Gasteiger partial charge < -0.3 is 4.57 Å². The molecule has 0 unspecified atom stereocenters. The van der Waals surface area contributed by atoms with Crippen molar-refractivity contribution in [3.63, 3.8) is 0 Å². The molecule has 0 spiro atoms. The zero-order valence-corrected chi connectivity index (χ0v) is 9.86. The van der Waals surface area contributed by atoms with E-state index in [2.05, 4.69) is 40.7 Å². The molecule has 0 N–H and O–H groups in total. The lowest BCUT2D eigenvalue weighted by atomic mass is 10.2. The molecule has 0 saturated carbocycles. The van der Waals surface area contributed by atoms with Crippen molar-refractivity contribution < 1.29 is 0 Å². The van der Waals surface area contributed by atoms with E-state index in [1.807, 2.05) is 33.2 Å². The molecule has 0 atom stereocenters. The molecular weight excluding hydrogens is 184 g/mol. The van der Waals surface area contributed by atoms with Gasteiger partial charge in [0, 0.05) is 18.1 Å². The molecule has 1 aromatic carbocycles. The van der Waals surface area contributed by atoms with Crippen LogP contribution in [-0.4, -0.2) is 9.55 Å². The Morgan fingerprint density at radius 3 is 2.40 bits per heavy atom. The number of hydrogen-bond acceptors (Lipinski definition) is 1. The van der Waals surface area contributed by atoms with E-state index in [1.165, 1.54) is 11.3 Å². The van der Waals surface area contributed by atoms with Crippen molar-refractivity contribution >= 4 is 0 Å². The Hall–Kier alpha value is -1.57. The van der Waals surface area contributed by atoms with Gasteiger partial charge in [0.15, 0.2) is 0 Å². The Morgan fingerprint density at radius 1 is 1.13 bits per heavy atom. The van der Waals surface area contributed by atoms with Crippen LogP contribution in [0.1, 0.15) is 25.2 Å². The molecule has 1 heterocycles. The SMILES string of the molecule is CC.Cc1cccc(-n2ccnc2C)c1. The molecule has 2 rings (SSSR count). The molecule has 0 aliphatic heterocycles. The molecule has 0 saturated heterocycles. The van der Waals surface area contributed by atoms with Gasteiger partial charge in [0.1, 0.15) is 5.82 Å². The highest BCUT2D eigenvalue weighted by atomic mass is 15.1. The highest BCUT2D eigenvalue weighted by Crippen LogP contribution is 2.11. The van der Waals surface area contributed by atoms with Gasteiger partial charge in [0.25, 0.3) is 0 Å². The van der Waals surface area contributed by atoms with Gasteiger partial charge in [0.05, 0.1) is 0 Å². The molecule has 80 valence electrons. The van der Waals surface area contributed by atoms with Gasteiger partial charge >= 0.3 is 0 Å². The lowest BCUT2D eigenvalue weighted by molar-refractivity contribution is 0.973. The average molecular weight is 202 g/mol. The smallest absolute Gasteiger partial charge is 0.110 e. The third kappa shape index (κ3) is 2.69. The Morgan fingerprint density at radius 2 is 1.87 bits per heavy atom. The summed E-state index contributed by atoms with van der Waals surface area (Å²) in [5, 5.41) is 0. The summed E-state index contributed by atoms with van der Waals surface area (Å²) in [7, 11) is 0. The van der Waals surface area contributed by atoms with Crippen LogP contribution < -0.4 is 0 Å². The highest BCUT2D eigenvalue weighted by molar-refractivity contribution is 5.36. The largest absolute Gasteiger partial charge is 0.304 e. The van der Waals surface area contributed by atoms with Crippen LogP contribution in [0.3, 0.4) is 0 Å². The minimum Gasteiger partial charge on any atom is -0.304 e. The standard InChI is InChI=1S/C11H12N2.C2H6/c1-9-4-3-5-11(8-9)13-7-6-12-10(13)2;1-2/h3-8H,1-2H3;1-2H3. The maximum Gasteiger partial charge on any atom is 0.110 e. The number of aryl methyl sites for hydroxylation is 2. The summed E-state index contributed by atoms with van der Waals surface area (Å²) in [6, 6.07) is 8.39. The van der Waals surface area contributed by atoms with Crippen LogP contribution in [0, 0.1) is 13.8 Å². The van der Waals surface area contributed by atoms with E-state index >= 15 is 0 Å². The third-order valence-electron chi connectivity index (χ3n) is 2.11. The lowest BCUT2D eigenvalue weighted by Gasteiger charge is -2.04. The van der Waals surface area contributed by atoms with E-state index in [9.17, 15) is 0 Å². The second kappa shape index (κ2) is 5.35. The second-order valence-corrected chi connectivity index (χ2v) is 3.18. The Bertz CT molecular complexity index is 416. The number of benzene rings is 1. The van der Waals surface area contributed by atoms with Gasteiger partial charge in [-0.1, -0.05) is 26.0 Å². The summed E-state index contributed by atoms with van der Waals surface area (Å²) in [4.78, 5) is 4.19. The number of aromatic nitrogens is 2. The lowest BCUT2D eigenvalue weighted by Crippen LogP contribution is -1.95. The van der Waals surface area contributed by atoms with Crippen LogP contribution in [-0.2, 0) is 0 Å². The minimum absolute atomic E-state index is 1.02. The summed E-state index contributed by atoms with van der Waals surface area (Å²) in [5.74, 6) is 1.02. The van der Waals surface area contributed by atoms with Crippen molar-refractivity contribution in [2.75, 3.05) is 0 Å². The van der Waals surface area contributed by atoms with Gasteiger partial charge in [-0.25, -0.2) is 4.98 Å². The normalized spacial score (nSPS) is 9.33. The summed E-state index contributed by atoms with van der Waals surface area (Å²) in [5.41, 5.74) is 2.45. The quantitative estimate of drug-likeness (QED) is 0.692. The zero-order valence-electron chi connectivity index (χ0n) is 9.86. The predicted molar refractivity (Wildman–Crippen MR) is 64.4 cm³/mol. The molecule has 0 aliphatic carbocycles. The Balaban J connectivity index is 0.000000531. The Kier molecular flexibility index (Phi) is 4.10. The maximum absolute atomic E-state index is 4.19. The number of nitrogens with zero attached hydrogens (tertiary/aromatic N) is 2. The molecule has 0 amide bonds. The van der Waals surface area contributed by atoms with Gasteiger partial charge in [-0.3, -0.25) is 0 Å². The summed E-state index contributed by atoms with van der Waals surface area (Å²) < 4.78 is 2.08. The van der Waals surface area contributed by atoms with E-state index in [1.54, 1.807) is 0 Å². The first-order valence-corrected chi connectivity index (χ1v) is 5.34. The monoisotopic (exact) mass is 202 g/mol. The van der Waals surface area contributed by atoms with Crippen molar-refractivity contribution in [3.8, 4) is 5.69 Å². The fourth-order valence-electron chi connectivity index (χ4n) is 1.43. The average Bonchev–Trinajstić information content (AvgIpc) is 2.67. The van der Waals surface area contributed by atoms with Crippen molar-refractivity contribution in [2.45, 2.75) is 27.7 Å². The first-order chi connectivity index (χ1) is 7.27. The third-order valence-corrected chi connectivity index (χ3v) is 2.11. The van der Waals surface area contributed by atoms with Gasteiger partial charge in [-0.15, -0.1) is 0 Å². The predicted octanol–water partition coefficient (Wildman–Crippen LogP) is 3.52. The fraction of sp³-hybridized carbons (Fsp3) is 0.308. The van der Waals surface area contributed by atoms with E-state index < -0.39 is 0 Å². The van der Waals surface area contributed by atoms with Crippen LogP contribution in [0.15, 0.2) is 36.7 Å². The molecule has 2 aromatic rings. The zero-order chi connectivity index (χ0) is 11.3. The molecule has 15 heavy (non-hydrogen) atoms. The molecule has 0 aliphatic rings. The van der Waals surface area contributed by atoms with E-state index in [0.29, 0.717) is 0 Å². The Labute approximate surface area is 91.6 Å². The topological polar surface area (TPSA) is 17.8 Å². The van der Waals surface area contributed by atoms with E-state index in [4.69, 9.17) is 0 Å². The first-order valence-electron chi connectivity index (χ1n) is 5.34. The van der Waals surface area contributed by atoms with Gasteiger partial charge in [-0.05, 0) is 31.5 Å². The minimum atomic E-state index is 1.02. The molecule has 0 radical (unpaired) electrons. The van der Waals surface area contributed by atoms with Gasteiger partial charge in [0.2, 0.25) is 0 Å². The molecule has 0 fully saturated rings. The van der Waals surface area contributed by atoms with Crippen molar-refractivity contribution in [1.29, 1.82) is 0 Å². The van der Waals surface area contributed by atoms with Crippen LogP contribution in [0.25, 0.3) is 5.69 Å². The summed E-state index contributed by atoms with van der Waals surface area (Å²) in [6.45, 7) is 8.10. The highest BCUT2D eigenvalue weighted by Gasteiger charge is 1.98. The molecule has 2 nitrogen and oxygen atoms in total. The van der Waals surface area contributed by atoms with Crippen LogP contribution in [0.4, 0.5) is 0 Å². The molecular formula is C13H18N2. The molecule has 0 bridgehead atoms. The number of imidazole rings is 1. The van der Waals surface area contributed by atoms with E-state index in [0.717, 1.165) is 5.82 Å². The van der Waals surface area contributed by atoms with Crippen LogP contribution in [0.2, 0.25) is 0 Å². The van der Waals surface area contributed by atoms with Crippen molar-refractivity contribution in [2.24, 2.45) is 0 Å². The summed E-state index contributed by atoms with van der Waals surface area (Å²) in [6.07, 6.45) is 3.79. The van der Waals surface area contributed by atoms with Crippen LogP contribution >= 0.6 is 0 Å².